The summed E-state index contributed by atoms with van der Waals surface area (Å²) in [4.78, 5) is 11.0. The zero-order valence-corrected chi connectivity index (χ0v) is 13.4. The highest BCUT2D eigenvalue weighted by Gasteiger charge is 2.42. The van der Waals surface area contributed by atoms with Gasteiger partial charge in [-0.05, 0) is 55.3 Å². The number of fused-ring (bicyclic) bond motifs is 1. The minimum absolute atomic E-state index is 0.245. The van der Waals surface area contributed by atoms with Crippen molar-refractivity contribution in [2.24, 2.45) is 21.5 Å². The maximum Gasteiger partial charge on any atom is 0.220 e. The second-order valence-corrected chi connectivity index (χ2v) is 6.50. The van der Waals surface area contributed by atoms with E-state index in [0.717, 1.165) is 42.1 Å². The first-order valence-electron chi connectivity index (χ1n) is 8.31. The summed E-state index contributed by atoms with van der Waals surface area (Å²) in [6.07, 6.45) is 5.18. The highest BCUT2D eigenvalue weighted by atomic mass is 16.3. The molecule has 0 bridgehead atoms. The molecule has 0 amide bonds. The Labute approximate surface area is 140 Å². The lowest BCUT2D eigenvalue weighted by molar-refractivity contribution is 0.306. The SMILES string of the molecule is NC1=NC2(CCCCC2)N(c2cccc3cc(O)ccc23)C(N)=N1. The Morgan fingerprint density at radius 1 is 1.04 bits per heavy atom. The molecule has 0 atom stereocenters. The minimum atomic E-state index is -0.458. The quantitative estimate of drug-likeness (QED) is 0.751. The fourth-order valence-corrected chi connectivity index (χ4v) is 3.92. The van der Waals surface area contributed by atoms with Crippen molar-refractivity contribution in [1.29, 1.82) is 0 Å². The molecule has 6 heteroatoms. The summed E-state index contributed by atoms with van der Waals surface area (Å²) in [5, 5.41) is 11.7. The number of rotatable bonds is 1. The van der Waals surface area contributed by atoms with Gasteiger partial charge in [0.25, 0.3) is 0 Å². The van der Waals surface area contributed by atoms with Gasteiger partial charge in [0.1, 0.15) is 11.4 Å². The van der Waals surface area contributed by atoms with Crippen LogP contribution in [0.3, 0.4) is 0 Å². The molecule has 1 spiro atoms. The van der Waals surface area contributed by atoms with E-state index in [1.807, 2.05) is 29.2 Å². The number of nitrogens with two attached hydrogens (primary N) is 2. The molecule has 1 fully saturated rings. The average molecular weight is 323 g/mol. The van der Waals surface area contributed by atoms with Crippen molar-refractivity contribution in [2.75, 3.05) is 4.90 Å². The second-order valence-electron chi connectivity index (χ2n) is 6.50. The van der Waals surface area contributed by atoms with Crippen LogP contribution in [0.25, 0.3) is 10.8 Å². The number of anilines is 1. The molecule has 0 aromatic heterocycles. The van der Waals surface area contributed by atoms with Crippen LogP contribution in [0.2, 0.25) is 0 Å². The average Bonchev–Trinajstić information content (AvgIpc) is 2.54. The van der Waals surface area contributed by atoms with Crippen LogP contribution in [-0.4, -0.2) is 22.7 Å². The van der Waals surface area contributed by atoms with Crippen molar-refractivity contribution < 1.29 is 5.11 Å². The monoisotopic (exact) mass is 323 g/mol. The molecule has 1 aliphatic carbocycles. The number of phenols is 1. The van der Waals surface area contributed by atoms with E-state index in [1.165, 1.54) is 6.42 Å². The molecule has 2 aliphatic rings. The molecule has 1 aliphatic heterocycles. The number of hydrogen-bond donors (Lipinski definition) is 3. The number of aromatic hydroxyl groups is 1. The number of phenolic OH excluding ortho intramolecular Hbond substituents is 1. The number of benzene rings is 2. The Kier molecular flexibility index (Phi) is 3.33. The van der Waals surface area contributed by atoms with E-state index < -0.39 is 5.66 Å². The minimum Gasteiger partial charge on any atom is -0.508 e. The molecule has 5 N–H and O–H groups in total. The molecule has 0 unspecified atom stereocenters. The molecule has 6 nitrogen and oxygen atoms in total. The molecule has 1 heterocycles. The summed E-state index contributed by atoms with van der Waals surface area (Å²) < 4.78 is 0. The third-order valence-electron chi connectivity index (χ3n) is 4.93. The van der Waals surface area contributed by atoms with Crippen molar-refractivity contribution in [3.05, 3.63) is 36.4 Å². The second kappa shape index (κ2) is 5.40. The van der Waals surface area contributed by atoms with Gasteiger partial charge in [-0.3, -0.25) is 4.90 Å². The maximum atomic E-state index is 9.76. The molecule has 2 aromatic rings. The first kappa shape index (κ1) is 14.8. The Morgan fingerprint density at radius 2 is 1.83 bits per heavy atom. The van der Waals surface area contributed by atoms with Gasteiger partial charge in [0.15, 0.2) is 0 Å². The van der Waals surface area contributed by atoms with Crippen LogP contribution >= 0.6 is 0 Å². The van der Waals surface area contributed by atoms with Crippen molar-refractivity contribution in [3.63, 3.8) is 0 Å². The largest absolute Gasteiger partial charge is 0.508 e. The predicted molar refractivity (Wildman–Crippen MR) is 97.2 cm³/mol. The van der Waals surface area contributed by atoms with Crippen LogP contribution in [0.5, 0.6) is 5.75 Å². The number of aliphatic imine (C=N–C) groups is 2. The van der Waals surface area contributed by atoms with Gasteiger partial charge >= 0.3 is 0 Å². The lowest BCUT2D eigenvalue weighted by atomic mass is 9.87. The summed E-state index contributed by atoms with van der Waals surface area (Å²) in [6.45, 7) is 0. The predicted octanol–water partition coefficient (Wildman–Crippen LogP) is 2.66. The highest BCUT2D eigenvalue weighted by molar-refractivity contribution is 6.10. The van der Waals surface area contributed by atoms with Crippen LogP contribution < -0.4 is 16.4 Å². The van der Waals surface area contributed by atoms with E-state index in [9.17, 15) is 5.11 Å². The fraction of sp³-hybridized carbons (Fsp3) is 0.333. The Bertz CT molecular complexity index is 852. The molecule has 124 valence electrons. The van der Waals surface area contributed by atoms with Gasteiger partial charge in [0.05, 0.1) is 5.69 Å². The summed E-state index contributed by atoms with van der Waals surface area (Å²) in [5.74, 6) is 0.878. The highest BCUT2D eigenvalue weighted by Crippen LogP contribution is 2.41. The topological polar surface area (TPSA) is 100 Å². The van der Waals surface area contributed by atoms with Crippen LogP contribution in [0.4, 0.5) is 5.69 Å². The molecular formula is C18H21N5O. The van der Waals surface area contributed by atoms with E-state index in [4.69, 9.17) is 16.5 Å². The van der Waals surface area contributed by atoms with Crippen LogP contribution in [0, 0.1) is 0 Å². The first-order valence-corrected chi connectivity index (χ1v) is 8.31. The van der Waals surface area contributed by atoms with Gasteiger partial charge in [-0.1, -0.05) is 18.6 Å². The summed E-state index contributed by atoms with van der Waals surface area (Å²) in [7, 11) is 0. The molecule has 4 rings (SSSR count). The van der Waals surface area contributed by atoms with Crippen molar-refractivity contribution in [2.45, 2.75) is 37.8 Å². The molecule has 0 saturated heterocycles. The van der Waals surface area contributed by atoms with Gasteiger partial charge in [-0.2, -0.15) is 4.99 Å². The van der Waals surface area contributed by atoms with Crippen LogP contribution in [0.1, 0.15) is 32.1 Å². The fourth-order valence-electron chi connectivity index (χ4n) is 3.92. The van der Waals surface area contributed by atoms with E-state index in [2.05, 4.69) is 4.99 Å². The third kappa shape index (κ3) is 2.26. The normalized spacial score (nSPS) is 20.1. The van der Waals surface area contributed by atoms with Crippen molar-refractivity contribution >= 4 is 28.4 Å². The van der Waals surface area contributed by atoms with E-state index in [-0.39, 0.29) is 11.7 Å². The van der Waals surface area contributed by atoms with Crippen LogP contribution in [0.15, 0.2) is 46.4 Å². The maximum absolute atomic E-state index is 9.76. The summed E-state index contributed by atoms with van der Waals surface area (Å²) in [5.41, 5.74) is 12.7. The molecule has 2 aromatic carbocycles. The zero-order chi connectivity index (χ0) is 16.7. The summed E-state index contributed by atoms with van der Waals surface area (Å²) >= 11 is 0. The van der Waals surface area contributed by atoms with Gasteiger partial charge in [-0.25, -0.2) is 4.99 Å². The Balaban J connectivity index is 1.92. The Morgan fingerprint density at radius 3 is 2.62 bits per heavy atom. The van der Waals surface area contributed by atoms with E-state index in [0.29, 0.717) is 5.96 Å². The van der Waals surface area contributed by atoms with Gasteiger partial charge in [-0.15, -0.1) is 0 Å². The number of nitrogens with zero attached hydrogens (tertiary/aromatic N) is 3. The zero-order valence-electron chi connectivity index (χ0n) is 13.4. The van der Waals surface area contributed by atoms with Gasteiger partial charge < -0.3 is 16.6 Å². The van der Waals surface area contributed by atoms with Crippen molar-refractivity contribution in [3.8, 4) is 5.75 Å². The third-order valence-corrected chi connectivity index (χ3v) is 4.93. The van der Waals surface area contributed by atoms with Crippen molar-refractivity contribution in [1.82, 2.24) is 0 Å². The number of guanidine groups is 2. The lowest BCUT2D eigenvalue weighted by Crippen LogP contribution is -2.58. The molecular weight excluding hydrogens is 302 g/mol. The number of hydrogen-bond acceptors (Lipinski definition) is 6. The molecule has 24 heavy (non-hydrogen) atoms. The Hall–Kier alpha value is -2.76. The van der Waals surface area contributed by atoms with E-state index >= 15 is 0 Å². The van der Waals surface area contributed by atoms with E-state index in [1.54, 1.807) is 12.1 Å². The molecule has 0 radical (unpaired) electrons. The lowest BCUT2D eigenvalue weighted by Gasteiger charge is -2.46. The van der Waals surface area contributed by atoms with Gasteiger partial charge in [0.2, 0.25) is 11.9 Å². The summed E-state index contributed by atoms with van der Waals surface area (Å²) in [6, 6.07) is 11.3. The van der Waals surface area contributed by atoms with Gasteiger partial charge in [0, 0.05) is 5.39 Å². The first-order chi connectivity index (χ1) is 11.6. The standard InChI is InChI=1S/C18H21N5O/c19-16-21-17(20)23(18(22-16)9-2-1-3-10-18)15-6-4-5-12-11-13(24)7-8-14(12)15/h4-8,11,24H,1-3,9-10H2,(H4,19,20,21,22). The molecule has 1 saturated carbocycles. The van der Waals surface area contributed by atoms with Crippen LogP contribution in [-0.2, 0) is 0 Å². The smallest absolute Gasteiger partial charge is 0.220 e.